The van der Waals surface area contributed by atoms with Gasteiger partial charge in [-0.3, -0.25) is 4.79 Å². The van der Waals surface area contributed by atoms with Crippen LogP contribution < -0.4 is 10.2 Å². The lowest BCUT2D eigenvalue weighted by Gasteiger charge is -2.28. The minimum atomic E-state index is -2.67. The summed E-state index contributed by atoms with van der Waals surface area (Å²) >= 11 is 0. The van der Waals surface area contributed by atoms with Gasteiger partial charge in [-0.15, -0.1) is 0 Å². The third-order valence-corrected chi connectivity index (χ3v) is 13.2. The monoisotopic (exact) mass is 700 g/mol. The van der Waals surface area contributed by atoms with Crippen molar-refractivity contribution in [3.8, 4) is 0 Å². The lowest BCUT2D eigenvalue weighted by Crippen LogP contribution is -2.46. The Morgan fingerprint density at radius 3 is 2.14 bits per heavy atom. The topological polar surface area (TPSA) is 63.0 Å². The van der Waals surface area contributed by atoms with E-state index in [9.17, 15) is 4.79 Å². The maximum atomic E-state index is 12.6. The smallest absolute Gasteiger partial charge is 0.374 e. The van der Waals surface area contributed by atoms with Crippen LogP contribution in [-0.2, 0) is 28.9 Å². The molecule has 0 fully saturated rings. The molecule has 50 heavy (non-hydrogen) atoms. The summed E-state index contributed by atoms with van der Waals surface area (Å²) < 4.78 is 20.3. The molecule has 8 heteroatoms. The molecule has 0 spiro atoms. The van der Waals surface area contributed by atoms with Crippen LogP contribution in [0.15, 0.2) is 84.6 Å². The second-order valence-electron chi connectivity index (χ2n) is 14.1. The number of unbranched alkanes of at least 4 members (excludes halogenated alkanes) is 2. The van der Waals surface area contributed by atoms with Crippen molar-refractivity contribution < 1.29 is 22.6 Å². The third-order valence-electron chi connectivity index (χ3n) is 10.0. The van der Waals surface area contributed by atoms with Crippen molar-refractivity contribution in [3.05, 3.63) is 95.7 Å². The molecular formula is C42H62N3O4Si+. The fourth-order valence-electron chi connectivity index (χ4n) is 7.58. The number of carbonyl (C=O) groups excluding carboxylic acids is 1. The molecule has 0 radical (unpaired) electrons. The molecule has 1 amide bonds. The summed E-state index contributed by atoms with van der Waals surface area (Å²) in [4.78, 5) is 15.1. The highest BCUT2D eigenvalue weighted by molar-refractivity contribution is 6.60. The molecule has 2 aromatic carbocycles. The Balaban J connectivity index is 1.33. The molecule has 272 valence electrons. The van der Waals surface area contributed by atoms with Crippen LogP contribution in [0.1, 0.15) is 98.6 Å². The van der Waals surface area contributed by atoms with E-state index in [2.05, 4.69) is 128 Å². The predicted molar refractivity (Wildman–Crippen MR) is 210 cm³/mol. The van der Waals surface area contributed by atoms with E-state index >= 15 is 0 Å². The maximum absolute atomic E-state index is 12.6. The number of amides is 1. The first-order valence-corrected chi connectivity index (χ1v) is 20.8. The lowest BCUT2D eigenvalue weighted by molar-refractivity contribution is -0.438. The van der Waals surface area contributed by atoms with Gasteiger partial charge in [0.05, 0.1) is 5.41 Å². The van der Waals surface area contributed by atoms with E-state index in [1.54, 1.807) is 0 Å². The van der Waals surface area contributed by atoms with Crippen LogP contribution in [0, 0.1) is 0 Å². The van der Waals surface area contributed by atoms with Crippen molar-refractivity contribution in [2.75, 3.05) is 44.4 Å². The van der Waals surface area contributed by atoms with E-state index in [0.29, 0.717) is 38.8 Å². The van der Waals surface area contributed by atoms with Crippen molar-refractivity contribution in [2.24, 2.45) is 0 Å². The Morgan fingerprint density at radius 1 is 0.800 bits per heavy atom. The molecule has 0 atom stereocenters. The molecule has 7 nitrogen and oxygen atoms in total. The van der Waals surface area contributed by atoms with Crippen LogP contribution in [0.2, 0.25) is 6.04 Å². The minimum absolute atomic E-state index is 0.0342. The van der Waals surface area contributed by atoms with Crippen LogP contribution in [0.5, 0.6) is 0 Å². The summed E-state index contributed by atoms with van der Waals surface area (Å²) in [6, 6.07) is 18.2. The SMILES string of the molecule is CCO[Si](CCCNC(=O)CCCCC[N+]1=C(C=CC=CC=C2N(CC)c3ccccc3C2(C)C)C(C)(C)c2ccccc21)(OCC)OCC. The first-order valence-electron chi connectivity index (χ1n) is 18.9. The zero-order valence-electron chi connectivity index (χ0n) is 32.0. The van der Waals surface area contributed by atoms with Gasteiger partial charge in [0.15, 0.2) is 5.71 Å². The van der Waals surface area contributed by atoms with Gasteiger partial charge in [0.1, 0.15) is 6.54 Å². The molecule has 0 aromatic heterocycles. The number of fused-ring (bicyclic) bond motifs is 2. The largest absolute Gasteiger partial charge is 0.500 e. The number of hydrogen-bond donors (Lipinski definition) is 1. The van der Waals surface area contributed by atoms with Gasteiger partial charge in [-0.05, 0) is 78.5 Å². The Morgan fingerprint density at radius 2 is 1.46 bits per heavy atom. The standard InChI is InChI=1S/C42H61N3O4Si/c1-9-44-36-26-20-18-24-34(36)41(5,6)38(44)28-15-13-16-29-39-42(7,8)35-25-19-21-27-37(35)45(39)32-22-14-17-30-40(46)43-31-23-33-50(47-10-2,48-11-3)49-12-4/h13,15-16,18-21,24-29H,9-12,14,17,22-23,30-33H2,1-8H3/p+1. The highest BCUT2D eigenvalue weighted by atomic mass is 28.4. The number of nitrogens with zero attached hydrogens (tertiary/aromatic N) is 2. The molecule has 0 unspecified atom stereocenters. The number of benzene rings is 2. The summed E-state index contributed by atoms with van der Waals surface area (Å²) in [5, 5.41) is 3.09. The Labute approximate surface area is 303 Å². The van der Waals surface area contributed by atoms with Crippen molar-refractivity contribution in [3.63, 3.8) is 0 Å². The van der Waals surface area contributed by atoms with Crippen molar-refractivity contribution in [1.29, 1.82) is 0 Å². The van der Waals surface area contributed by atoms with Gasteiger partial charge < -0.3 is 23.5 Å². The summed E-state index contributed by atoms with van der Waals surface area (Å²) in [6.45, 7) is 21.6. The van der Waals surface area contributed by atoms with E-state index in [4.69, 9.17) is 13.3 Å². The number of allylic oxidation sites excluding steroid dienone is 6. The maximum Gasteiger partial charge on any atom is 0.500 e. The molecule has 4 rings (SSSR count). The van der Waals surface area contributed by atoms with E-state index in [0.717, 1.165) is 38.8 Å². The number of anilines is 1. The van der Waals surface area contributed by atoms with Crippen molar-refractivity contribution in [1.82, 2.24) is 5.32 Å². The molecule has 0 saturated carbocycles. The van der Waals surface area contributed by atoms with Crippen LogP contribution in [0.4, 0.5) is 11.4 Å². The first kappa shape index (κ1) is 39.5. The zero-order valence-corrected chi connectivity index (χ0v) is 33.0. The van der Waals surface area contributed by atoms with Gasteiger partial charge >= 0.3 is 8.80 Å². The fraction of sp³-hybridized carbons (Fsp3) is 0.524. The van der Waals surface area contributed by atoms with Crippen LogP contribution in [0.3, 0.4) is 0 Å². The molecule has 0 aliphatic carbocycles. The second-order valence-corrected chi connectivity index (χ2v) is 16.8. The highest BCUT2D eigenvalue weighted by Crippen LogP contribution is 2.47. The van der Waals surface area contributed by atoms with E-state index in [1.807, 2.05) is 20.8 Å². The Bertz CT molecular complexity index is 1540. The minimum Gasteiger partial charge on any atom is -0.374 e. The van der Waals surface area contributed by atoms with Crippen LogP contribution in [0.25, 0.3) is 0 Å². The predicted octanol–water partition coefficient (Wildman–Crippen LogP) is 8.99. The molecule has 1 N–H and O–H groups in total. The van der Waals surface area contributed by atoms with Gasteiger partial charge in [0.25, 0.3) is 0 Å². The number of carbonyl (C=O) groups is 1. The summed E-state index contributed by atoms with van der Waals surface area (Å²) in [5.74, 6) is 0.109. The normalized spacial score (nSPS) is 17.4. The molecule has 0 saturated heterocycles. The molecule has 2 heterocycles. The van der Waals surface area contributed by atoms with Crippen molar-refractivity contribution in [2.45, 2.75) is 104 Å². The fourth-order valence-corrected chi connectivity index (χ4v) is 10.2. The zero-order chi connectivity index (χ0) is 36.2. The summed E-state index contributed by atoms with van der Waals surface area (Å²) in [7, 11) is -2.67. The number of nitrogens with one attached hydrogen (secondary N) is 1. The number of rotatable bonds is 20. The molecular weight excluding hydrogens is 639 g/mol. The molecule has 0 bridgehead atoms. The van der Waals surface area contributed by atoms with Gasteiger partial charge in [0.2, 0.25) is 11.6 Å². The van der Waals surface area contributed by atoms with Crippen LogP contribution >= 0.6 is 0 Å². The molecule has 2 aromatic rings. The van der Waals surface area contributed by atoms with Crippen LogP contribution in [-0.4, -0.2) is 64.5 Å². The first-order chi connectivity index (χ1) is 24.1. The van der Waals surface area contributed by atoms with Gasteiger partial charge in [-0.25, -0.2) is 0 Å². The van der Waals surface area contributed by atoms with E-state index in [1.165, 1.54) is 33.9 Å². The van der Waals surface area contributed by atoms with Crippen molar-refractivity contribution >= 4 is 31.8 Å². The molecule has 2 aliphatic rings. The van der Waals surface area contributed by atoms with Gasteiger partial charge in [-0.2, -0.15) is 4.58 Å². The summed E-state index contributed by atoms with van der Waals surface area (Å²) in [6.07, 6.45) is 15.3. The number of para-hydroxylation sites is 2. The van der Waals surface area contributed by atoms with Gasteiger partial charge in [-0.1, -0.05) is 68.5 Å². The second kappa shape index (κ2) is 18.3. The average molecular weight is 701 g/mol. The van der Waals surface area contributed by atoms with Gasteiger partial charge in [0, 0.05) is 86.3 Å². The number of likely N-dealkylation sites (N-methyl/N-ethyl adjacent to an activating group) is 1. The molecule has 2 aliphatic heterocycles. The highest BCUT2D eigenvalue weighted by Gasteiger charge is 2.44. The average Bonchev–Trinajstić information content (AvgIpc) is 3.45. The quantitative estimate of drug-likeness (QED) is 0.0647. The Hall–Kier alpha value is -3.30. The van der Waals surface area contributed by atoms with E-state index < -0.39 is 8.80 Å². The summed E-state index contributed by atoms with van der Waals surface area (Å²) in [5.41, 5.74) is 7.85. The van der Waals surface area contributed by atoms with E-state index in [-0.39, 0.29) is 16.7 Å². The third kappa shape index (κ3) is 9.13. The lowest BCUT2D eigenvalue weighted by atomic mass is 9.81. The Kier molecular flexibility index (Phi) is 14.4. The number of hydrogen-bond acceptors (Lipinski definition) is 5.